The molecule has 0 radical (unpaired) electrons. The van der Waals surface area contributed by atoms with E-state index in [-0.39, 0.29) is 30.7 Å². The van der Waals surface area contributed by atoms with Gasteiger partial charge in [-0.25, -0.2) is 9.59 Å². The Hall–Kier alpha value is -3.08. The number of amides is 1. The van der Waals surface area contributed by atoms with Crippen molar-refractivity contribution in [3.63, 3.8) is 0 Å². The molecule has 3 rings (SSSR count). The zero-order valence-electron chi connectivity index (χ0n) is 15.8. The lowest BCUT2D eigenvalue weighted by Crippen LogP contribution is -2.48. The third-order valence-corrected chi connectivity index (χ3v) is 4.90. The van der Waals surface area contributed by atoms with Crippen molar-refractivity contribution in [2.45, 2.75) is 25.6 Å². The largest absolute Gasteiger partial charge is 0.457 e. The molecule has 5 nitrogen and oxygen atoms in total. The molecule has 28 heavy (non-hydrogen) atoms. The smallest absolute Gasteiger partial charge is 0.410 e. The maximum absolute atomic E-state index is 12.5. The second-order valence-corrected chi connectivity index (χ2v) is 6.87. The van der Waals surface area contributed by atoms with E-state index >= 15 is 0 Å². The fraction of sp³-hybridized carbons (Fsp3) is 0.304. The van der Waals surface area contributed by atoms with E-state index in [1.54, 1.807) is 29.2 Å². The van der Waals surface area contributed by atoms with Crippen LogP contribution in [0.2, 0.25) is 0 Å². The molecule has 1 aliphatic heterocycles. The lowest BCUT2D eigenvalue weighted by Gasteiger charge is -2.37. The van der Waals surface area contributed by atoms with Gasteiger partial charge >= 0.3 is 12.1 Å². The molecule has 0 N–H and O–H groups in total. The summed E-state index contributed by atoms with van der Waals surface area (Å²) in [6.45, 7) is 4.92. The van der Waals surface area contributed by atoms with Crippen LogP contribution in [0, 0.1) is 5.92 Å². The predicted molar refractivity (Wildman–Crippen MR) is 107 cm³/mol. The first-order valence-electron chi connectivity index (χ1n) is 9.50. The van der Waals surface area contributed by atoms with Crippen molar-refractivity contribution in [3.05, 3.63) is 84.4 Å². The number of rotatable bonds is 6. The van der Waals surface area contributed by atoms with Crippen molar-refractivity contribution in [1.29, 1.82) is 0 Å². The quantitative estimate of drug-likeness (QED) is 0.550. The van der Waals surface area contributed by atoms with E-state index in [1.807, 2.05) is 42.5 Å². The van der Waals surface area contributed by atoms with Crippen LogP contribution < -0.4 is 0 Å². The molecule has 0 bridgehead atoms. The monoisotopic (exact) mass is 379 g/mol. The van der Waals surface area contributed by atoms with Crippen LogP contribution in [0.4, 0.5) is 4.79 Å². The summed E-state index contributed by atoms with van der Waals surface area (Å²) in [5, 5.41) is 0. The summed E-state index contributed by atoms with van der Waals surface area (Å²) in [5.41, 5.74) is 1.44. The van der Waals surface area contributed by atoms with E-state index in [0.29, 0.717) is 18.7 Å². The first-order valence-corrected chi connectivity index (χ1v) is 9.50. The Morgan fingerprint density at radius 2 is 1.75 bits per heavy atom. The number of allylic oxidation sites excluding steroid dienone is 1. The summed E-state index contributed by atoms with van der Waals surface area (Å²) in [6, 6.07) is 18.4. The van der Waals surface area contributed by atoms with E-state index in [4.69, 9.17) is 9.47 Å². The molecule has 5 heteroatoms. The van der Waals surface area contributed by atoms with Gasteiger partial charge in [-0.05, 0) is 30.5 Å². The first-order chi connectivity index (χ1) is 13.7. The van der Waals surface area contributed by atoms with Crippen molar-refractivity contribution >= 4 is 12.1 Å². The topological polar surface area (TPSA) is 55.8 Å². The number of benzene rings is 2. The summed E-state index contributed by atoms with van der Waals surface area (Å²) in [5.74, 6) is -0.234. The van der Waals surface area contributed by atoms with Gasteiger partial charge in [0.25, 0.3) is 0 Å². The van der Waals surface area contributed by atoms with Crippen molar-refractivity contribution in [2.24, 2.45) is 5.92 Å². The number of hydrogen-bond donors (Lipinski definition) is 0. The van der Waals surface area contributed by atoms with Crippen LogP contribution in [0.25, 0.3) is 0 Å². The van der Waals surface area contributed by atoms with Gasteiger partial charge in [-0.15, -0.1) is 6.58 Å². The molecule has 2 atom stereocenters. The van der Waals surface area contributed by atoms with Gasteiger partial charge in [0, 0.05) is 12.5 Å². The zero-order valence-corrected chi connectivity index (χ0v) is 15.8. The lowest BCUT2D eigenvalue weighted by molar-refractivity contribution is -0.0184. The number of likely N-dealkylation sites (tertiary alicyclic amines) is 1. The van der Waals surface area contributed by atoms with E-state index in [0.717, 1.165) is 18.4 Å². The molecule has 0 unspecified atom stereocenters. The van der Waals surface area contributed by atoms with Crippen LogP contribution in [0.15, 0.2) is 73.3 Å². The molecule has 0 aromatic heterocycles. The van der Waals surface area contributed by atoms with Crippen molar-refractivity contribution in [3.8, 4) is 0 Å². The maximum atomic E-state index is 12.5. The maximum Gasteiger partial charge on any atom is 0.410 e. The number of ether oxygens (including phenoxy) is 2. The summed E-state index contributed by atoms with van der Waals surface area (Å²) in [7, 11) is 0. The highest BCUT2D eigenvalue weighted by molar-refractivity contribution is 5.89. The highest BCUT2D eigenvalue weighted by atomic mass is 16.6. The van der Waals surface area contributed by atoms with Gasteiger partial charge in [0.2, 0.25) is 0 Å². The molecule has 0 spiro atoms. The Morgan fingerprint density at radius 3 is 2.43 bits per heavy atom. The van der Waals surface area contributed by atoms with Crippen molar-refractivity contribution in [2.75, 3.05) is 13.1 Å². The van der Waals surface area contributed by atoms with E-state index in [2.05, 4.69) is 6.58 Å². The predicted octanol–water partition coefficient (Wildman–Crippen LogP) is 4.45. The van der Waals surface area contributed by atoms with Gasteiger partial charge in [-0.2, -0.15) is 0 Å². The molecule has 146 valence electrons. The van der Waals surface area contributed by atoms with Gasteiger partial charge in [0.1, 0.15) is 12.7 Å². The van der Waals surface area contributed by atoms with Crippen LogP contribution in [-0.4, -0.2) is 36.2 Å². The average Bonchev–Trinajstić information content (AvgIpc) is 2.74. The number of piperidine rings is 1. The Kier molecular flexibility index (Phi) is 6.84. The van der Waals surface area contributed by atoms with Gasteiger partial charge in [-0.1, -0.05) is 54.6 Å². The molecule has 0 aliphatic carbocycles. The first kappa shape index (κ1) is 19.7. The van der Waals surface area contributed by atoms with Gasteiger partial charge in [0.15, 0.2) is 0 Å². The highest BCUT2D eigenvalue weighted by Gasteiger charge is 2.34. The number of carbonyl (C=O) groups is 2. The molecular weight excluding hydrogens is 354 g/mol. The molecular formula is C23H25NO4. The van der Waals surface area contributed by atoms with Gasteiger partial charge in [-0.3, -0.25) is 0 Å². The Bertz CT molecular complexity index is 791. The number of carbonyl (C=O) groups excluding carboxylic acids is 2. The SMILES string of the molecule is C=CC[C@@H]1CCN(C(=O)OCc2ccccc2)C[C@@H]1OC(=O)c1ccccc1. The summed E-state index contributed by atoms with van der Waals surface area (Å²) in [4.78, 5) is 26.6. The number of hydrogen-bond acceptors (Lipinski definition) is 4. The Morgan fingerprint density at radius 1 is 1.07 bits per heavy atom. The fourth-order valence-corrected chi connectivity index (χ4v) is 3.34. The second-order valence-electron chi connectivity index (χ2n) is 6.87. The third-order valence-electron chi connectivity index (χ3n) is 4.90. The number of esters is 1. The van der Waals surface area contributed by atoms with Crippen molar-refractivity contribution < 1.29 is 19.1 Å². The van der Waals surface area contributed by atoms with Gasteiger partial charge < -0.3 is 14.4 Å². The highest BCUT2D eigenvalue weighted by Crippen LogP contribution is 2.25. The van der Waals surface area contributed by atoms with E-state index < -0.39 is 0 Å². The Balaban J connectivity index is 1.61. The van der Waals surface area contributed by atoms with Crippen LogP contribution in [0.5, 0.6) is 0 Å². The molecule has 1 saturated heterocycles. The minimum atomic E-state index is -0.387. The molecule has 1 amide bonds. The van der Waals surface area contributed by atoms with Crippen LogP contribution in [0.3, 0.4) is 0 Å². The minimum Gasteiger partial charge on any atom is -0.457 e. The third kappa shape index (κ3) is 5.22. The van der Waals surface area contributed by atoms with Crippen molar-refractivity contribution in [1.82, 2.24) is 4.90 Å². The molecule has 1 fully saturated rings. The minimum absolute atomic E-state index is 0.142. The van der Waals surface area contributed by atoms with Crippen LogP contribution in [-0.2, 0) is 16.1 Å². The molecule has 1 aliphatic rings. The average molecular weight is 379 g/mol. The zero-order chi connectivity index (χ0) is 19.8. The summed E-state index contributed by atoms with van der Waals surface area (Å²) < 4.78 is 11.2. The molecule has 0 saturated carbocycles. The molecule has 1 heterocycles. The van der Waals surface area contributed by atoms with Gasteiger partial charge in [0.05, 0.1) is 12.1 Å². The standard InChI is InChI=1S/C23H25NO4/c1-2-9-19-14-15-24(23(26)27-17-18-10-5-3-6-11-18)16-21(19)28-22(25)20-12-7-4-8-13-20/h2-8,10-13,19,21H,1,9,14-17H2/t19-,21+/m1/s1. The Labute approximate surface area is 165 Å². The number of nitrogens with zero attached hydrogens (tertiary/aromatic N) is 1. The summed E-state index contributed by atoms with van der Waals surface area (Å²) >= 11 is 0. The summed E-state index contributed by atoms with van der Waals surface area (Å²) in [6.07, 6.45) is 2.53. The fourth-order valence-electron chi connectivity index (χ4n) is 3.34. The van der Waals surface area contributed by atoms with E-state index in [9.17, 15) is 9.59 Å². The van der Waals surface area contributed by atoms with Crippen LogP contribution >= 0.6 is 0 Å². The normalized spacial score (nSPS) is 18.9. The van der Waals surface area contributed by atoms with E-state index in [1.165, 1.54) is 0 Å². The molecule has 2 aromatic rings. The molecule has 2 aromatic carbocycles. The second kappa shape index (κ2) is 9.74. The lowest BCUT2D eigenvalue weighted by atomic mass is 9.91. The van der Waals surface area contributed by atoms with Crippen LogP contribution in [0.1, 0.15) is 28.8 Å².